The number of nitrogens with zero attached hydrogens (tertiary/aromatic N) is 2. The first kappa shape index (κ1) is 13.7. The number of nitrogens with one attached hydrogen (secondary N) is 1. The molecule has 0 aliphatic heterocycles. The molecular weight excluding hydrogens is 245 g/mol. The van der Waals surface area contributed by atoms with Crippen molar-refractivity contribution in [3.63, 3.8) is 0 Å². The van der Waals surface area contributed by atoms with Gasteiger partial charge in [0, 0.05) is 23.8 Å². The summed E-state index contributed by atoms with van der Waals surface area (Å²) < 4.78 is 14.5. The van der Waals surface area contributed by atoms with Crippen molar-refractivity contribution in [2.75, 3.05) is 6.61 Å². The highest BCUT2D eigenvalue weighted by Gasteiger charge is 2.15. The maximum Gasteiger partial charge on any atom is 0.123 e. The molecule has 4 nitrogen and oxygen atoms in total. The van der Waals surface area contributed by atoms with Crippen molar-refractivity contribution in [1.29, 1.82) is 0 Å². The molecule has 0 saturated heterocycles. The van der Waals surface area contributed by atoms with Crippen molar-refractivity contribution in [3.8, 4) is 5.69 Å². The third-order valence-electron chi connectivity index (χ3n) is 2.89. The highest BCUT2D eigenvalue weighted by atomic mass is 19.1. The molecule has 0 bridgehead atoms. The number of halogens is 1. The van der Waals surface area contributed by atoms with Gasteiger partial charge in [0.15, 0.2) is 0 Å². The number of benzene rings is 1. The highest BCUT2D eigenvalue weighted by Crippen LogP contribution is 2.10. The first-order valence-corrected chi connectivity index (χ1v) is 6.15. The summed E-state index contributed by atoms with van der Waals surface area (Å²) in [7, 11) is 0. The van der Waals surface area contributed by atoms with Crippen molar-refractivity contribution in [2.24, 2.45) is 0 Å². The molecule has 1 heterocycles. The number of rotatable bonds is 5. The molecule has 0 aliphatic carbocycles. The minimum absolute atomic E-state index is 0.0686. The van der Waals surface area contributed by atoms with Crippen LogP contribution in [0.15, 0.2) is 36.7 Å². The summed E-state index contributed by atoms with van der Waals surface area (Å²) in [5, 5.41) is 16.6. The van der Waals surface area contributed by atoms with Crippen LogP contribution in [0.5, 0.6) is 0 Å². The Bertz CT molecular complexity index is 534. The number of aliphatic hydroxyl groups excluding tert-OH is 1. The molecule has 1 aromatic carbocycles. The molecule has 2 rings (SSSR count). The molecule has 0 amide bonds. The molecule has 2 N–H and O–H groups in total. The number of aliphatic hydroxyl groups is 1. The Hall–Kier alpha value is -1.72. The molecule has 0 unspecified atom stereocenters. The molecule has 0 saturated carbocycles. The van der Waals surface area contributed by atoms with Crippen LogP contribution in [0, 0.1) is 5.82 Å². The number of hydrogen-bond acceptors (Lipinski definition) is 3. The van der Waals surface area contributed by atoms with Crippen LogP contribution in [0.3, 0.4) is 0 Å². The van der Waals surface area contributed by atoms with Crippen LogP contribution in [-0.2, 0) is 6.54 Å². The quantitative estimate of drug-likeness (QED) is 0.866. The zero-order valence-corrected chi connectivity index (χ0v) is 11.1. The van der Waals surface area contributed by atoms with Gasteiger partial charge in [-0.3, -0.25) is 0 Å². The Morgan fingerprint density at radius 2 is 2.00 bits per heavy atom. The topological polar surface area (TPSA) is 50.1 Å². The van der Waals surface area contributed by atoms with E-state index in [1.807, 2.05) is 20.0 Å². The third-order valence-corrected chi connectivity index (χ3v) is 2.89. The SMILES string of the molecule is CC(C)(CO)NCc1cnn(-c2ccc(F)cc2)c1. The van der Waals surface area contributed by atoms with Gasteiger partial charge in [-0.15, -0.1) is 0 Å². The van der Waals surface area contributed by atoms with Gasteiger partial charge < -0.3 is 10.4 Å². The Morgan fingerprint density at radius 1 is 1.32 bits per heavy atom. The summed E-state index contributed by atoms with van der Waals surface area (Å²) in [5.74, 6) is -0.262. The Labute approximate surface area is 111 Å². The zero-order valence-electron chi connectivity index (χ0n) is 11.1. The lowest BCUT2D eigenvalue weighted by atomic mass is 10.1. The third kappa shape index (κ3) is 3.62. The predicted molar refractivity (Wildman–Crippen MR) is 71.5 cm³/mol. The lowest BCUT2D eigenvalue weighted by Crippen LogP contribution is -2.41. The molecule has 102 valence electrons. The zero-order chi connectivity index (χ0) is 13.9. The summed E-state index contributed by atoms with van der Waals surface area (Å²) in [6.07, 6.45) is 3.64. The van der Waals surface area contributed by atoms with E-state index in [2.05, 4.69) is 10.4 Å². The standard InChI is InChI=1S/C14H18FN3O/c1-14(2,10-19)16-7-11-8-17-18(9-11)13-5-3-12(15)4-6-13/h3-6,8-9,16,19H,7,10H2,1-2H3. The van der Waals surface area contributed by atoms with Gasteiger partial charge in [-0.1, -0.05) is 0 Å². The van der Waals surface area contributed by atoms with E-state index < -0.39 is 0 Å². The Morgan fingerprint density at radius 3 is 2.63 bits per heavy atom. The fraction of sp³-hybridized carbons (Fsp3) is 0.357. The maximum absolute atomic E-state index is 12.8. The van der Waals surface area contributed by atoms with Gasteiger partial charge in [0.2, 0.25) is 0 Å². The van der Waals surface area contributed by atoms with E-state index in [1.165, 1.54) is 12.1 Å². The predicted octanol–water partition coefficient (Wildman–Crippen LogP) is 1.87. The van der Waals surface area contributed by atoms with Crippen LogP contribution < -0.4 is 5.32 Å². The average molecular weight is 263 g/mol. The van der Waals surface area contributed by atoms with Gasteiger partial charge >= 0.3 is 0 Å². The second-order valence-corrected chi connectivity index (χ2v) is 5.17. The minimum Gasteiger partial charge on any atom is -0.394 e. The van der Waals surface area contributed by atoms with Crippen LogP contribution >= 0.6 is 0 Å². The van der Waals surface area contributed by atoms with Gasteiger partial charge in [-0.2, -0.15) is 5.10 Å². The molecule has 2 aromatic rings. The molecule has 0 aliphatic rings. The monoisotopic (exact) mass is 263 g/mol. The van der Waals surface area contributed by atoms with Gasteiger partial charge in [-0.25, -0.2) is 9.07 Å². The average Bonchev–Trinajstić information content (AvgIpc) is 2.86. The summed E-state index contributed by atoms with van der Waals surface area (Å²) in [4.78, 5) is 0. The van der Waals surface area contributed by atoms with Crippen LogP contribution in [-0.4, -0.2) is 27.0 Å². The van der Waals surface area contributed by atoms with E-state index in [0.717, 1.165) is 11.3 Å². The van der Waals surface area contributed by atoms with Crippen molar-refractivity contribution in [1.82, 2.24) is 15.1 Å². The summed E-state index contributed by atoms with van der Waals surface area (Å²) >= 11 is 0. The molecule has 1 aromatic heterocycles. The molecule has 0 fully saturated rings. The van der Waals surface area contributed by atoms with E-state index in [-0.39, 0.29) is 18.0 Å². The second kappa shape index (κ2) is 5.50. The molecule has 0 spiro atoms. The van der Waals surface area contributed by atoms with Gasteiger partial charge in [-0.05, 0) is 38.1 Å². The second-order valence-electron chi connectivity index (χ2n) is 5.17. The van der Waals surface area contributed by atoms with Crippen LogP contribution in [0.4, 0.5) is 4.39 Å². The molecule has 5 heteroatoms. The maximum atomic E-state index is 12.8. The first-order chi connectivity index (χ1) is 9.00. The van der Waals surface area contributed by atoms with Crippen molar-refractivity contribution >= 4 is 0 Å². The highest BCUT2D eigenvalue weighted by molar-refractivity contribution is 5.31. The van der Waals surface area contributed by atoms with E-state index >= 15 is 0 Å². The number of hydrogen-bond donors (Lipinski definition) is 2. The van der Waals surface area contributed by atoms with E-state index in [4.69, 9.17) is 5.11 Å². The van der Waals surface area contributed by atoms with Crippen molar-refractivity contribution in [2.45, 2.75) is 25.9 Å². The molecule has 19 heavy (non-hydrogen) atoms. The van der Waals surface area contributed by atoms with Gasteiger partial charge in [0.05, 0.1) is 18.5 Å². The fourth-order valence-corrected chi connectivity index (χ4v) is 1.58. The summed E-state index contributed by atoms with van der Waals surface area (Å²) in [6, 6.07) is 6.17. The Balaban J connectivity index is 2.05. The van der Waals surface area contributed by atoms with Crippen molar-refractivity contribution in [3.05, 3.63) is 48.0 Å². The molecule has 0 atom stereocenters. The van der Waals surface area contributed by atoms with Gasteiger partial charge in [0.25, 0.3) is 0 Å². The summed E-state index contributed by atoms with van der Waals surface area (Å²) in [5.41, 5.74) is 1.50. The van der Waals surface area contributed by atoms with E-state index in [9.17, 15) is 4.39 Å². The molecular formula is C14H18FN3O. The van der Waals surface area contributed by atoms with Gasteiger partial charge in [0.1, 0.15) is 5.82 Å². The minimum atomic E-state index is -0.321. The van der Waals surface area contributed by atoms with Crippen LogP contribution in [0.1, 0.15) is 19.4 Å². The largest absolute Gasteiger partial charge is 0.394 e. The number of aromatic nitrogens is 2. The van der Waals surface area contributed by atoms with Crippen molar-refractivity contribution < 1.29 is 9.50 Å². The first-order valence-electron chi connectivity index (χ1n) is 6.15. The fourth-order valence-electron chi connectivity index (χ4n) is 1.58. The van der Waals surface area contributed by atoms with Crippen LogP contribution in [0.25, 0.3) is 5.69 Å². The van der Waals surface area contributed by atoms with Crippen LogP contribution in [0.2, 0.25) is 0 Å². The lowest BCUT2D eigenvalue weighted by molar-refractivity contribution is 0.187. The summed E-state index contributed by atoms with van der Waals surface area (Å²) in [6.45, 7) is 4.54. The van der Waals surface area contributed by atoms with E-state index in [1.54, 1.807) is 23.0 Å². The van der Waals surface area contributed by atoms with E-state index in [0.29, 0.717) is 6.54 Å². The lowest BCUT2D eigenvalue weighted by Gasteiger charge is -2.22. The molecule has 0 radical (unpaired) electrons. The smallest absolute Gasteiger partial charge is 0.123 e. The normalized spacial score (nSPS) is 11.8. The Kier molecular flexibility index (Phi) is 3.97.